The first kappa shape index (κ1) is 17.9. The van der Waals surface area contributed by atoms with Crippen LogP contribution in [0.1, 0.15) is 50.7 Å². The van der Waals surface area contributed by atoms with Crippen LogP contribution in [0.15, 0.2) is 24.3 Å². The van der Waals surface area contributed by atoms with Crippen LogP contribution in [0.5, 0.6) is 0 Å². The van der Waals surface area contributed by atoms with Gasteiger partial charge in [-0.05, 0) is 56.2 Å². The van der Waals surface area contributed by atoms with E-state index in [1.54, 1.807) is 0 Å². The molecule has 5 heteroatoms. The van der Waals surface area contributed by atoms with Crippen LogP contribution in [0.4, 0.5) is 4.79 Å². The molecule has 1 N–H and O–H groups in total. The zero-order chi connectivity index (χ0) is 18.0. The Morgan fingerprint density at radius 2 is 1.76 bits per heavy atom. The molecular formula is C20H29N3O2. The second-order valence-corrected chi connectivity index (χ2v) is 7.75. The highest BCUT2D eigenvalue weighted by Gasteiger charge is 2.52. The summed E-state index contributed by atoms with van der Waals surface area (Å²) in [6.45, 7) is 5.40. The number of carbonyl (C=O) groups excluding carboxylic acids is 2. The first-order chi connectivity index (χ1) is 11.9. The van der Waals surface area contributed by atoms with E-state index in [0.717, 1.165) is 32.1 Å². The molecule has 3 amide bonds. The topological polar surface area (TPSA) is 52.6 Å². The summed E-state index contributed by atoms with van der Waals surface area (Å²) in [5.74, 6) is 0.593. The third-order valence-corrected chi connectivity index (χ3v) is 5.64. The lowest BCUT2D eigenvalue weighted by Crippen LogP contribution is -2.49. The lowest BCUT2D eigenvalue weighted by Gasteiger charge is -2.33. The van der Waals surface area contributed by atoms with Gasteiger partial charge in [-0.1, -0.05) is 38.1 Å². The number of hydrogen-bond acceptors (Lipinski definition) is 3. The minimum atomic E-state index is -0.646. The second kappa shape index (κ2) is 7.16. The van der Waals surface area contributed by atoms with Crippen molar-refractivity contribution < 1.29 is 9.59 Å². The van der Waals surface area contributed by atoms with Crippen LogP contribution >= 0.6 is 0 Å². The third kappa shape index (κ3) is 3.71. The molecule has 136 valence electrons. The quantitative estimate of drug-likeness (QED) is 0.836. The molecule has 2 fully saturated rings. The van der Waals surface area contributed by atoms with Crippen LogP contribution in [0, 0.1) is 5.92 Å². The molecule has 0 bridgehead atoms. The number of hydrogen-bond donors (Lipinski definition) is 1. The van der Waals surface area contributed by atoms with Gasteiger partial charge in [-0.3, -0.25) is 9.69 Å². The summed E-state index contributed by atoms with van der Waals surface area (Å²) in [4.78, 5) is 28.7. The Bertz CT molecular complexity index is 633. The van der Waals surface area contributed by atoms with Gasteiger partial charge in [0, 0.05) is 6.54 Å². The van der Waals surface area contributed by atoms with Gasteiger partial charge < -0.3 is 5.32 Å². The minimum Gasteiger partial charge on any atom is -0.323 e. The molecule has 1 aromatic rings. The smallest absolute Gasteiger partial charge is 0.323 e. The Hall–Kier alpha value is -1.88. The average Bonchev–Trinajstić information content (AvgIpc) is 2.83. The molecule has 2 aliphatic rings. The van der Waals surface area contributed by atoms with Crippen LogP contribution < -0.4 is 5.32 Å². The Kier molecular flexibility index (Phi) is 5.13. The van der Waals surface area contributed by atoms with Crippen molar-refractivity contribution in [3.8, 4) is 0 Å². The Morgan fingerprint density at radius 3 is 2.36 bits per heavy atom. The molecule has 25 heavy (non-hydrogen) atoms. The Morgan fingerprint density at radius 1 is 1.16 bits per heavy atom. The summed E-state index contributed by atoms with van der Waals surface area (Å²) in [6, 6.07) is 8.26. The lowest BCUT2D eigenvalue weighted by atomic mass is 9.77. The Balaban J connectivity index is 1.61. The fourth-order valence-corrected chi connectivity index (χ4v) is 3.88. The van der Waals surface area contributed by atoms with Crippen molar-refractivity contribution in [2.45, 2.75) is 58.0 Å². The largest absolute Gasteiger partial charge is 0.326 e. The van der Waals surface area contributed by atoms with Gasteiger partial charge >= 0.3 is 6.03 Å². The van der Waals surface area contributed by atoms with Gasteiger partial charge in [-0.2, -0.15) is 0 Å². The molecule has 1 aliphatic carbocycles. The minimum absolute atomic E-state index is 0.0439. The molecule has 0 aromatic heterocycles. The first-order valence-electron chi connectivity index (χ1n) is 9.34. The van der Waals surface area contributed by atoms with E-state index in [1.165, 1.54) is 16.0 Å². The molecule has 1 aliphatic heterocycles. The van der Waals surface area contributed by atoms with E-state index < -0.39 is 5.54 Å². The molecule has 1 saturated heterocycles. The van der Waals surface area contributed by atoms with Crippen molar-refractivity contribution in [2.24, 2.45) is 5.92 Å². The number of nitrogens with one attached hydrogen (secondary N) is 1. The van der Waals surface area contributed by atoms with Crippen LogP contribution in [0.3, 0.4) is 0 Å². The highest BCUT2D eigenvalue weighted by atomic mass is 16.2. The maximum Gasteiger partial charge on any atom is 0.326 e. The van der Waals surface area contributed by atoms with E-state index >= 15 is 0 Å². The summed E-state index contributed by atoms with van der Waals surface area (Å²) >= 11 is 0. The molecule has 1 aromatic carbocycles. The lowest BCUT2D eigenvalue weighted by molar-refractivity contribution is -0.134. The van der Waals surface area contributed by atoms with Crippen molar-refractivity contribution in [3.05, 3.63) is 35.4 Å². The Labute approximate surface area is 150 Å². The van der Waals surface area contributed by atoms with E-state index in [2.05, 4.69) is 43.4 Å². The number of imide groups is 1. The summed E-state index contributed by atoms with van der Waals surface area (Å²) in [6.07, 6.45) is 4.55. The molecule has 1 saturated carbocycles. The molecule has 3 rings (SSSR count). The van der Waals surface area contributed by atoms with E-state index in [4.69, 9.17) is 0 Å². The third-order valence-electron chi connectivity index (χ3n) is 5.64. The summed E-state index contributed by atoms with van der Waals surface area (Å²) in [7, 11) is 1.95. The fourth-order valence-electron chi connectivity index (χ4n) is 3.88. The van der Waals surface area contributed by atoms with Crippen molar-refractivity contribution in [2.75, 3.05) is 13.7 Å². The van der Waals surface area contributed by atoms with Gasteiger partial charge in [0.05, 0.1) is 6.67 Å². The number of nitrogens with zero attached hydrogens (tertiary/aromatic N) is 2. The van der Waals surface area contributed by atoms with Gasteiger partial charge in [-0.15, -0.1) is 0 Å². The highest BCUT2D eigenvalue weighted by molar-refractivity contribution is 6.07. The fraction of sp³-hybridized carbons (Fsp3) is 0.600. The van der Waals surface area contributed by atoms with Crippen LogP contribution in [-0.4, -0.2) is 41.0 Å². The monoisotopic (exact) mass is 343 g/mol. The number of benzene rings is 1. The highest BCUT2D eigenvalue weighted by Crippen LogP contribution is 2.36. The maximum atomic E-state index is 12.9. The number of rotatable bonds is 5. The zero-order valence-corrected chi connectivity index (χ0v) is 15.5. The average molecular weight is 343 g/mol. The summed E-state index contributed by atoms with van der Waals surface area (Å²) in [5, 5.41) is 2.98. The summed E-state index contributed by atoms with van der Waals surface area (Å²) < 4.78 is 0. The maximum absolute atomic E-state index is 12.9. The number of amides is 3. The normalized spacial score (nSPS) is 26.6. The van der Waals surface area contributed by atoms with Crippen LogP contribution in [0.2, 0.25) is 0 Å². The molecule has 0 unspecified atom stereocenters. The molecule has 1 heterocycles. The van der Waals surface area contributed by atoms with Gasteiger partial charge in [0.25, 0.3) is 5.91 Å². The number of aryl methyl sites for hydroxylation is 1. The number of urea groups is 1. The predicted molar refractivity (Wildman–Crippen MR) is 97.9 cm³/mol. The first-order valence-corrected chi connectivity index (χ1v) is 9.34. The van der Waals surface area contributed by atoms with Crippen LogP contribution in [0.25, 0.3) is 0 Å². The standard InChI is InChI=1S/C20H29N3O2/c1-4-16-5-7-17(8-6-16)13-22(3)14-23-18(24)20(21-19(23)25)11-9-15(2)10-12-20/h5-8,15H,4,9-14H2,1-3H3,(H,21,25). The van der Waals surface area contributed by atoms with Crippen LogP contribution in [-0.2, 0) is 17.8 Å². The van der Waals surface area contributed by atoms with Crippen molar-refractivity contribution in [1.29, 1.82) is 0 Å². The predicted octanol–water partition coefficient (Wildman–Crippen LogP) is 3.14. The van der Waals surface area contributed by atoms with E-state index in [-0.39, 0.29) is 11.9 Å². The molecule has 0 atom stereocenters. The van der Waals surface area contributed by atoms with E-state index in [0.29, 0.717) is 19.1 Å². The molecule has 5 nitrogen and oxygen atoms in total. The van der Waals surface area contributed by atoms with Crippen molar-refractivity contribution in [3.63, 3.8) is 0 Å². The van der Waals surface area contributed by atoms with Gasteiger partial charge in [-0.25, -0.2) is 9.69 Å². The van der Waals surface area contributed by atoms with Gasteiger partial charge in [0.2, 0.25) is 0 Å². The summed E-state index contributed by atoms with van der Waals surface area (Å²) in [5.41, 5.74) is 1.86. The van der Waals surface area contributed by atoms with Gasteiger partial charge in [0.15, 0.2) is 0 Å². The molecule has 0 radical (unpaired) electrons. The second-order valence-electron chi connectivity index (χ2n) is 7.75. The van der Waals surface area contributed by atoms with Crippen molar-refractivity contribution >= 4 is 11.9 Å². The van der Waals surface area contributed by atoms with Gasteiger partial charge in [0.1, 0.15) is 5.54 Å². The zero-order valence-electron chi connectivity index (χ0n) is 15.5. The number of carbonyl (C=O) groups is 2. The molecular weight excluding hydrogens is 314 g/mol. The van der Waals surface area contributed by atoms with Crippen molar-refractivity contribution in [1.82, 2.24) is 15.1 Å². The molecule has 1 spiro atoms. The van der Waals surface area contributed by atoms with E-state index in [9.17, 15) is 9.59 Å². The SMILES string of the molecule is CCc1ccc(CN(C)CN2C(=O)NC3(CCC(C)CC3)C2=O)cc1. The van der Waals surface area contributed by atoms with E-state index in [1.807, 2.05) is 11.9 Å².